The molecular formula is C24H28N2O2. The average molecular weight is 377 g/mol. The van der Waals surface area contributed by atoms with Gasteiger partial charge < -0.3 is 9.80 Å². The topological polar surface area (TPSA) is 40.6 Å². The number of nitrogens with zero attached hydrogens (tertiary/aromatic N) is 2. The molecule has 1 atom stereocenters. The summed E-state index contributed by atoms with van der Waals surface area (Å²) in [6.45, 7) is 4.14. The Balaban J connectivity index is 1.33. The lowest BCUT2D eigenvalue weighted by molar-refractivity contribution is -0.137. The molecule has 0 N–H and O–H groups in total. The Labute approximate surface area is 167 Å². The van der Waals surface area contributed by atoms with Crippen molar-refractivity contribution in [2.75, 3.05) is 24.5 Å². The Kier molecular flexibility index (Phi) is 5.47. The number of hydrogen-bond acceptors (Lipinski definition) is 2. The van der Waals surface area contributed by atoms with Crippen LogP contribution in [0.4, 0.5) is 5.69 Å². The van der Waals surface area contributed by atoms with Gasteiger partial charge in [0.15, 0.2) is 0 Å². The van der Waals surface area contributed by atoms with Crippen molar-refractivity contribution in [1.82, 2.24) is 4.90 Å². The van der Waals surface area contributed by atoms with Crippen LogP contribution >= 0.6 is 0 Å². The first kappa shape index (κ1) is 18.7. The van der Waals surface area contributed by atoms with E-state index < -0.39 is 0 Å². The third kappa shape index (κ3) is 3.96. The Bertz CT molecular complexity index is 841. The predicted molar refractivity (Wildman–Crippen MR) is 111 cm³/mol. The molecule has 0 radical (unpaired) electrons. The number of piperidine rings is 1. The molecule has 146 valence electrons. The van der Waals surface area contributed by atoms with Crippen molar-refractivity contribution in [3.05, 3.63) is 65.7 Å². The van der Waals surface area contributed by atoms with E-state index in [1.54, 1.807) is 4.90 Å². The first-order valence-corrected chi connectivity index (χ1v) is 10.3. The standard InChI is InChI=1S/C24H28N2O2/c1-18-7-5-6-10-22(18)26-17-21(16-23(26)27)24(28)25-13-11-20(12-14-25)15-19-8-3-2-4-9-19/h2-10,20-21H,11-17H2,1H3. The maximum absolute atomic E-state index is 13.0. The van der Waals surface area contributed by atoms with Crippen molar-refractivity contribution in [3.63, 3.8) is 0 Å². The van der Waals surface area contributed by atoms with Crippen molar-refractivity contribution in [2.24, 2.45) is 11.8 Å². The van der Waals surface area contributed by atoms with Gasteiger partial charge in [-0.25, -0.2) is 0 Å². The zero-order valence-corrected chi connectivity index (χ0v) is 16.5. The molecule has 0 spiro atoms. The number of amides is 2. The Morgan fingerprint density at radius 1 is 1.00 bits per heavy atom. The fourth-order valence-corrected chi connectivity index (χ4v) is 4.54. The van der Waals surface area contributed by atoms with Gasteiger partial charge in [0.05, 0.1) is 5.92 Å². The number of rotatable bonds is 4. The summed E-state index contributed by atoms with van der Waals surface area (Å²) in [5.74, 6) is 0.645. The van der Waals surface area contributed by atoms with Crippen LogP contribution in [-0.2, 0) is 16.0 Å². The predicted octanol–water partition coefficient (Wildman–Crippen LogP) is 3.83. The van der Waals surface area contributed by atoms with E-state index in [9.17, 15) is 9.59 Å². The number of aryl methyl sites for hydroxylation is 1. The van der Waals surface area contributed by atoms with Crippen molar-refractivity contribution in [2.45, 2.75) is 32.6 Å². The molecule has 4 nitrogen and oxygen atoms in total. The van der Waals surface area contributed by atoms with Gasteiger partial charge in [-0.2, -0.15) is 0 Å². The highest BCUT2D eigenvalue weighted by Gasteiger charge is 2.38. The van der Waals surface area contributed by atoms with Crippen molar-refractivity contribution in [1.29, 1.82) is 0 Å². The van der Waals surface area contributed by atoms with Crippen molar-refractivity contribution < 1.29 is 9.59 Å². The maximum atomic E-state index is 13.0. The Morgan fingerprint density at radius 3 is 2.39 bits per heavy atom. The van der Waals surface area contributed by atoms with Crippen LogP contribution in [0.1, 0.15) is 30.4 Å². The second-order valence-corrected chi connectivity index (χ2v) is 8.15. The molecule has 28 heavy (non-hydrogen) atoms. The number of para-hydroxylation sites is 1. The molecule has 0 aliphatic carbocycles. The summed E-state index contributed by atoms with van der Waals surface area (Å²) < 4.78 is 0. The molecule has 1 unspecified atom stereocenters. The lowest BCUT2D eigenvalue weighted by Crippen LogP contribution is -2.42. The second kappa shape index (κ2) is 8.17. The van der Waals surface area contributed by atoms with Gasteiger partial charge in [-0.05, 0) is 49.3 Å². The SMILES string of the molecule is Cc1ccccc1N1CC(C(=O)N2CCC(Cc3ccccc3)CC2)CC1=O. The molecule has 0 saturated carbocycles. The molecule has 2 aromatic carbocycles. The van der Waals surface area contributed by atoms with Crippen LogP contribution in [-0.4, -0.2) is 36.3 Å². The lowest BCUT2D eigenvalue weighted by atomic mass is 9.89. The highest BCUT2D eigenvalue weighted by molar-refractivity contribution is 6.00. The number of carbonyl (C=O) groups is 2. The molecule has 0 bridgehead atoms. The van der Waals surface area contributed by atoms with E-state index in [1.807, 2.05) is 42.2 Å². The maximum Gasteiger partial charge on any atom is 0.228 e. The number of anilines is 1. The number of benzene rings is 2. The molecule has 2 saturated heterocycles. The van der Waals surface area contributed by atoms with Gasteiger partial charge in [-0.15, -0.1) is 0 Å². The zero-order valence-electron chi connectivity index (χ0n) is 16.5. The van der Waals surface area contributed by atoms with E-state index in [0.29, 0.717) is 18.9 Å². The summed E-state index contributed by atoms with van der Waals surface area (Å²) in [7, 11) is 0. The third-order valence-electron chi connectivity index (χ3n) is 6.17. The van der Waals surface area contributed by atoms with Gasteiger partial charge in [-0.1, -0.05) is 48.5 Å². The van der Waals surface area contributed by atoms with Gasteiger partial charge in [0.2, 0.25) is 11.8 Å². The van der Waals surface area contributed by atoms with Gasteiger partial charge in [0.25, 0.3) is 0 Å². The lowest BCUT2D eigenvalue weighted by Gasteiger charge is -2.33. The summed E-state index contributed by atoms with van der Waals surface area (Å²) >= 11 is 0. The smallest absolute Gasteiger partial charge is 0.228 e. The van der Waals surface area contributed by atoms with Gasteiger partial charge >= 0.3 is 0 Å². The van der Waals surface area contributed by atoms with Crippen LogP contribution < -0.4 is 4.90 Å². The third-order valence-corrected chi connectivity index (χ3v) is 6.17. The molecule has 0 aromatic heterocycles. The minimum atomic E-state index is -0.210. The van der Waals surface area contributed by atoms with Crippen LogP contribution in [0.15, 0.2) is 54.6 Å². The Hall–Kier alpha value is -2.62. The van der Waals surface area contributed by atoms with Gasteiger partial charge in [0.1, 0.15) is 0 Å². The van der Waals surface area contributed by atoms with Crippen LogP contribution in [0.5, 0.6) is 0 Å². The van der Waals surface area contributed by atoms with Crippen LogP contribution in [0, 0.1) is 18.8 Å². The molecule has 2 aliphatic heterocycles. The number of likely N-dealkylation sites (tertiary alicyclic amines) is 1. The fraction of sp³-hybridized carbons (Fsp3) is 0.417. The summed E-state index contributed by atoms with van der Waals surface area (Å²) in [5, 5.41) is 0. The number of hydrogen-bond donors (Lipinski definition) is 0. The summed E-state index contributed by atoms with van der Waals surface area (Å²) in [5.41, 5.74) is 3.39. The van der Waals surface area contributed by atoms with E-state index >= 15 is 0 Å². The van der Waals surface area contributed by atoms with Crippen LogP contribution in [0.3, 0.4) is 0 Å². The molecular weight excluding hydrogens is 348 g/mol. The highest BCUT2D eigenvalue weighted by Crippen LogP contribution is 2.30. The van der Waals surface area contributed by atoms with E-state index in [-0.39, 0.29) is 17.7 Å². The second-order valence-electron chi connectivity index (χ2n) is 8.15. The first-order valence-electron chi connectivity index (χ1n) is 10.3. The fourth-order valence-electron chi connectivity index (χ4n) is 4.54. The molecule has 2 fully saturated rings. The largest absolute Gasteiger partial charge is 0.342 e. The molecule has 4 rings (SSSR count). The summed E-state index contributed by atoms with van der Waals surface area (Å²) in [4.78, 5) is 29.3. The number of carbonyl (C=O) groups excluding carboxylic acids is 2. The average Bonchev–Trinajstić information content (AvgIpc) is 3.11. The quantitative estimate of drug-likeness (QED) is 0.814. The highest BCUT2D eigenvalue weighted by atomic mass is 16.2. The molecule has 2 aromatic rings. The van der Waals surface area contributed by atoms with E-state index in [4.69, 9.17) is 0 Å². The van der Waals surface area contributed by atoms with Crippen LogP contribution in [0.2, 0.25) is 0 Å². The van der Waals surface area contributed by atoms with E-state index in [2.05, 4.69) is 24.3 Å². The normalized spacial score (nSPS) is 20.6. The molecule has 2 amide bonds. The van der Waals surface area contributed by atoms with Gasteiger partial charge in [-0.3, -0.25) is 9.59 Å². The van der Waals surface area contributed by atoms with E-state index in [0.717, 1.165) is 43.6 Å². The molecule has 2 heterocycles. The van der Waals surface area contributed by atoms with Gasteiger partial charge in [0, 0.05) is 31.7 Å². The monoisotopic (exact) mass is 376 g/mol. The first-order chi connectivity index (χ1) is 13.6. The van der Waals surface area contributed by atoms with E-state index in [1.165, 1.54) is 5.56 Å². The summed E-state index contributed by atoms with van der Waals surface area (Å²) in [6.07, 6.45) is 3.51. The zero-order chi connectivity index (χ0) is 19.5. The van der Waals surface area contributed by atoms with Crippen LogP contribution in [0.25, 0.3) is 0 Å². The van der Waals surface area contributed by atoms with Crippen molar-refractivity contribution >= 4 is 17.5 Å². The minimum Gasteiger partial charge on any atom is -0.342 e. The summed E-state index contributed by atoms with van der Waals surface area (Å²) in [6, 6.07) is 18.5. The molecule has 4 heteroatoms. The van der Waals surface area contributed by atoms with Crippen molar-refractivity contribution in [3.8, 4) is 0 Å². The molecule has 2 aliphatic rings. The minimum absolute atomic E-state index is 0.0617. The Morgan fingerprint density at radius 2 is 1.68 bits per heavy atom.